The van der Waals surface area contributed by atoms with Crippen LogP contribution in [0.25, 0.3) is 0 Å². The summed E-state index contributed by atoms with van der Waals surface area (Å²) in [5.74, 6) is 0.549. The third-order valence-corrected chi connectivity index (χ3v) is 3.31. The Morgan fingerprint density at radius 3 is 2.31 bits per heavy atom. The third-order valence-electron chi connectivity index (χ3n) is 3.31. The molecule has 0 N–H and O–H groups in total. The van der Waals surface area contributed by atoms with Crippen LogP contribution in [-0.2, 0) is 9.59 Å². The fourth-order valence-electron chi connectivity index (χ4n) is 2.04. The number of hydrogen-bond donors (Lipinski definition) is 0. The van der Waals surface area contributed by atoms with Crippen LogP contribution in [0.4, 0.5) is 0 Å². The van der Waals surface area contributed by atoms with Gasteiger partial charge in [0.1, 0.15) is 5.78 Å². The molecular formula is C12H22N2O2. The zero-order valence-corrected chi connectivity index (χ0v) is 10.5. The first-order valence-electron chi connectivity index (χ1n) is 5.93. The van der Waals surface area contributed by atoms with Crippen LogP contribution in [0.2, 0.25) is 0 Å². The van der Waals surface area contributed by atoms with E-state index in [2.05, 4.69) is 4.90 Å². The first kappa shape index (κ1) is 13.2. The summed E-state index contributed by atoms with van der Waals surface area (Å²) in [4.78, 5) is 26.4. The van der Waals surface area contributed by atoms with Gasteiger partial charge in [-0.1, -0.05) is 0 Å². The Balaban J connectivity index is 2.27. The van der Waals surface area contributed by atoms with Gasteiger partial charge in [0, 0.05) is 45.9 Å². The molecule has 1 amide bonds. The highest BCUT2D eigenvalue weighted by molar-refractivity contribution is 5.79. The van der Waals surface area contributed by atoms with Gasteiger partial charge in [0.05, 0.1) is 0 Å². The van der Waals surface area contributed by atoms with Crippen molar-refractivity contribution in [1.82, 2.24) is 9.80 Å². The van der Waals surface area contributed by atoms with Crippen molar-refractivity contribution < 1.29 is 9.59 Å². The van der Waals surface area contributed by atoms with Gasteiger partial charge in [-0.3, -0.25) is 9.59 Å². The summed E-state index contributed by atoms with van der Waals surface area (Å²) in [6.07, 6.45) is 3.87. The van der Waals surface area contributed by atoms with Crippen LogP contribution in [0.3, 0.4) is 0 Å². The molecule has 92 valence electrons. The van der Waals surface area contributed by atoms with E-state index in [-0.39, 0.29) is 5.91 Å². The predicted octanol–water partition coefficient (Wildman–Crippen LogP) is 0.908. The molecule has 0 bridgehead atoms. The van der Waals surface area contributed by atoms with Crippen molar-refractivity contribution in [1.29, 1.82) is 0 Å². The molecule has 1 rings (SSSR count). The Kier molecular flexibility index (Phi) is 4.93. The molecule has 0 aromatic rings. The van der Waals surface area contributed by atoms with Crippen LogP contribution in [0.5, 0.6) is 0 Å². The number of rotatable bonds is 4. The van der Waals surface area contributed by atoms with Crippen molar-refractivity contribution in [2.24, 2.45) is 0 Å². The first-order valence-corrected chi connectivity index (χ1v) is 5.93. The summed E-state index contributed by atoms with van der Waals surface area (Å²) in [6.45, 7) is 0.788. The maximum Gasteiger partial charge on any atom is 0.223 e. The number of Topliss-reactive ketones (excluding diaryl/α,β-unsaturated/α-hetero) is 1. The summed E-state index contributed by atoms with van der Waals surface area (Å²) < 4.78 is 0. The largest absolute Gasteiger partial charge is 0.349 e. The molecule has 16 heavy (non-hydrogen) atoms. The number of amides is 1. The SMILES string of the molecule is CN(C)C(=O)CCN(C)C1CCC(=O)CC1. The van der Waals surface area contributed by atoms with E-state index in [0.29, 0.717) is 31.1 Å². The second kappa shape index (κ2) is 5.99. The van der Waals surface area contributed by atoms with E-state index in [1.807, 2.05) is 7.05 Å². The van der Waals surface area contributed by atoms with Gasteiger partial charge >= 0.3 is 0 Å². The Hall–Kier alpha value is -0.900. The molecular weight excluding hydrogens is 204 g/mol. The maximum absolute atomic E-state index is 11.4. The molecule has 1 aliphatic rings. The lowest BCUT2D eigenvalue weighted by Crippen LogP contribution is -2.37. The van der Waals surface area contributed by atoms with Crippen molar-refractivity contribution in [2.45, 2.75) is 38.1 Å². The standard InChI is InChI=1S/C12H22N2O2/c1-13(2)12(16)8-9-14(3)10-4-6-11(15)7-5-10/h10H,4-9H2,1-3H3. The second-order valence-corrected chi connectivity index (χ2v) is 4.79. The molecule has 0 spiro atoms. The Morgan fingerprint density at radius 2 is 1.81 bits per heavy atom. The highest BCUT2D eigenvalue weighted by Gasteiger charge is 2.22. The predicted molar refractivity (Wildman–Crippen MR) is 63.2 cm³/mol. The van der Waals surface area contributed by atoms with E-state index in [9.17, 15) is 9.59 Å². The van der Waals surface area contributed by atoms with Gasteiger partial charge in [-0.25, -0.2) is 0 Å². The van der Waals surface area contributed by atoms with Gasteiger partial charge < -0.3 is 9.80 Å². The smallest absolute Gasteiger partial charge is 0.223 e. The monoisotopic (exact) mass is 226 g/mol. The Bertz CT molecular complexity index is 254. The molecule has 1 fully saturated rings. The first-order chi connectivity index (χ1) is 7.50. The Morgan fingerprint density at radius 1 is 1.25 bits per heavy atom. The van der Waals surface area contributed by atoms with Crippen LogP contribution in [-0.4, -0.2) is 55.2 Å². The van der Waals surface area contributed by atoms with Crippen LogP contribution in [0.15, 0.2) is 0 Å². The number of hydrogen-bond acceptors (Lipinski definition) is 3. The topological polar surface area (TPSA) is 40.6 Å². The number of ketones is 1. The van der Waals surface area contributed by atoms with Gasteiger partial charge in [-0.15, -0.1) is 0 Å². The molecule has 0 saturated heterocycles. The molecule has 1 saturated carbocycles. The van der Waals surface area contributed by atoms with Gasteiger partial charge in [0.25, 0.3) is 0 Å². The van der Waals surface area contributed by atoms with Crippen molar-refractivity contribution in [3.05, 3.63) is 0 Å². The van der Waals surface area contributed by atoms with Crippen molar-refractivity contribution in [3.8, 4) is 0 Å². The summed E-state index contributed by atoms with van der Waals surface area (Å²) >= 11 is 0. The molecule has 0 heterocycles. The minimum absolute atomic E-state index is 0.165. The normalized spacial score (nSPS) is 17.9. The van der Waals surface area contributed by atoms with E-state index in [0.717, 1.165) is 19.4 Å². The molecule has 4 nitrogen and oxygen atoms in total. The molecule has 0 radical (unpaired) electrons. The molecule has 4 heteroatoms. The number of carbonyl (C=O) groups is 2. The van der Waals surface area contributed by atoms with Gasteiger partial charge in [-0.05, 0) is 19.9 Å². The fraction of sp³-hybridized carbons (Fsp3) is 0.833. The summed E-state index contributed by atoms with van der Waals surface area (Å²) in [6, 6.07) is 0.479. The van der Waals surface area contributed by atoms with E-state index < -0.39 is 0 Å². The quantitative estimate of drug-likeness (QED) is 0.715. The van der Waals surface area contributed by atoms with Crippen molar-refractivity contribution in [2.75, 3.05) is 27.7 Å². The average Bonchev–Trinajstić information content (AvgIpc) is 2.26. The van der Waals surface area contributed by atoms with Gasteiger partial charge in [-0.2, -0.15) is 0 Å². The molecule has 0 aliphatic heterocycles. The summed E-state index contributed by atoms with van der Waals surface area (Å²) in [7, 11) is 5.60. The molecule has 0 unspecified atom stereocenters. The zero-order chi connectivity index (χ0) is 12.1. The lowest BCUT2D eigenvalue weighted by atomic mass is 9.93. The Labute approximate surface area is 97.6 Å². The van der Waals surface area contributed by atoms with Crippen LogP contribution in [0.1, 0.15) is 32.1 Å². The second-order valence-electron chi connectivity index (χ2n) is 4.79. The minimum atomic E-state index is 0.165. The summed E-state index contributed by atoms with van der Waals surface area (Å²) in [5.41, 5.74) is 0. The van der Waals surface area contributed by atoms with Crippen LogP contribution in [0, 0.1) is 0 Å². The van der Waals surface area contributed by atoms with Gasteiger partial charge in [0.15, 0.2) is 0 Å². The van der Waals surface area contributed by atoms with Crippen molar-refractivity contribution >= 4 is 11.7 Å². The molecule has 1 aliphatic carbocycles. The molecule has 0 atom stereocenters. The van der Waals surface area contributed by atoms with E-state index in [4.69, 9.17) is 0 Å². The number of nitrogens with zero attached hydrogens (tertiary/aromatic N) is 2. The minimum Gasteiger partial charge on any atom is -0.349 e. The molecule has 0 aromatic carbocycles. The third kappa shape index (κ3) is 3.93. The zero-order valence-electron chi connectivity index (χ0n) is 10.5. The van der Waals surface area contributed by atoms with Crippen molar-refractivity contribution in [3.63, 3.8) is 0 Å². The average molecular weight is 226 g/mol. The van der Waals surface area contributed by atoms with E-state index >= 15 is 0 Å². The highest BCUT2D eigenvalue weighted by atomic mass is 16.2. The lowest BCUT2D eigenvalue weighted by molar-refractivity contribution is -0.129. The van der Waals surface area contributed by atoms with E-state index in [1.165, 1.54) is 0 Å². The molecule has 0 aromatic heterocycles. The summed E-state index contributed by atoms with van der Waals surface area (Å²) in [5, 5.41) is 0. The number of carbonyl (C=O) groups excluding carboxylic acids is 2. The highest BCUT2D eigenvalue weighted by Crippen LogP contribution is 2.19. The van der Waals surface area contributed by atoms with Gasteiger partial charge in [0.2, 0.25) is 5.91 Å². The van der Waals surface area contributed by atoms with E-state index in [1.54, 1.807) is 19.0 Å². The van der Waals surface area contributed by atoms with Crippen LogP contribution >= 0.6 is 0 Å². The lowest BCUT2D eigenvalue weighted by Gasteiger charge is -2.30. The van der Waals surface area contributed by atoms with Crippen LogP contribution < -0.4 is 0 Å². The fourth-order valence-corrected chi connectivity index (χ4v) is 2.04. The maximum atomic E-state index is 11.4.